The normalized spacial score (nSPS) is 25.9. The van der Waals surface area contributed by atoms with Gasteiger partial charge < -0.3 is 9.80 Å². The summed E-state index contributed by atoms with van der Waals surface area (Å²) in [5.41, 5.74) is 0.767. The van der Waals surface area contributed by atoms with Crippen LogP contribution < -0.4 is 0 Å². The van der Waals surface area contributed by atoms with Crippen molar-refractivity contribution in [1.29, 1.82) is 0 Å². The lowest BCUT2D eigenvalue weighted by Crippen LogP contribution is -2.39. The van der Waals surface area contributed by atoms with Crippen molar-refractivity contribution in [2.75, 3.05) is 20.6 Å². The van der Waals surface area contributed by atoms with E-state index in [1.165, 1.54) is 0 Å². The average Bonchev–Trinajstić information content (AvgIpc) is 3.03. The molecule has 0 aromatic heterocycles. The number of benzene rings is 2. The van der Waals surface area contributed by atoms with Crippen molar-refractivity contribution in [3.8, 4) is 0 Å². The van der Waals surface area contributed by atoms with Gasteiger partial charge in [-0.3, -0.25) is 9.59 Å². The molecule has 1 saturated heterocycles. The zero-order valence-electron chi connectivity index (χ0n) is 14.8. The Labute approximate surface area is 148 Å². The second kappa shape index (κ2) is 6.17. The molecule has 2 aliphatic rings. The highest BCUT2D eigenvalue weighted by Crippen LogP contribution is 2.40. The van der Waals surface area contributed by atoms with Crippen molar-refractivity contribution in [2.45, 2.75) is 25.3 Å². The monoisotopic (exact) mass is 336 g/mol. The standard InChI is InChI=1S/C21H24N2O2/c1-22-13-16-11-17(10-15(16)12-20(22)24)23(2)21(25)19-9-5-7-14-6-3-4-8-18(14)19/h3-9,15-17H,10-13H2,1-2H3/t15-,16+,17-/m1/s1. The molecule has 4 heteroatoms. The van der Waals surface area contributed by atoms with Gasteiger partial charge in [0.05, 0.1) is 0 Å². The zero-order chi connectivity index (χ0) is 17.6. The van der Waals surface area contributed by atoms with E-state index in [-0.39, 0.29) is 17.9 Å². The van der Waals surface area contributed by atoms with Crippen LogP contribution in [0.3, 0.4) is 0 Å². The summed E-state index contributed by atoms with van der Waals surface area (Å²) in [5.74, 6) is 1.27. The van der Waals surface area contributed by atoms with Crippen LogP contribution in [0.2, 0.25) is 0 Å². The number of hydrogen-bond donors (Lipinski definition) is 0. The first kappa shape index (κ1) is 16.1. The number of likely N-dealkylation sites (tertiary alicyclic amines) is 1. The third kappa shape index (κ3) is 2.80. The van der Waals surface area contributed by atoms with Gasteiger partial charge in [-0.1, -0.05) is 36.4 Å². The van der Waals surface area contributed by atoms with E-state index < -0.39 is 0 Å². The summed E-state index contributed by atoms with van der Waals surface area (Å²) in [5, 5.41) is 2.10. The highest BCUT2D eigenvalue weighted by Gasteiger charge is 2.42. The van der Waals surface area contributed by atoms with Gasteiger partial charge >= 0.3 is 0 Å². The maximum atomic E-state index is 13.1. The Morgan fingerprint density at radius 2 is 1.80 bits per heavy atom. The number of fused-ring (bicyclic) bond motifs is 2. The molecule has 2 fully saturated rings. The van der Waals surface area contributed by atoms with Crippen molar-refractivity contribution in [2.24, 2.45) is 11.8 Å². The lowest BCUT2D eigenvalue weighted by Gasteiger charge is -2.31. The highest BCUT2D eigenvalue weighted by molar-refractivity contribution is 6.07. The van der Waals surface area contributed by atoms with Crippen LogP contribution in [0.25, 0.3) is 10.8 Å². The van der Waals surface area contributed by atoms with Crippen molar-refractivity contribution >= 4 is 22.6 Å². The number of hydrogen-bond acceptors (Lipinski definition) is 2. The van der Waals surface area contributed by atoms with Crippen LogP contribution >= 0.6 is 0 Å². The molecule has 2 amide bonds. The number of piperidine rings is 1. The van der Waals surface area contributed by atoms with E-state index in [4.69, 9.17) is 0 Å². The first-order chi connectivity index (χ1) is 12.0. The second-order valence-corrected chi connectivity index (χ2v) is 7.57. The average molecular weight is 336 g/mol. The highest BCUT2D eigenvalue weighted by atomic mass is 16.2. The molecule has 2 aromatic rings. The Hall–Kier alpha value is -2.36. The van der Waals surface area contributed by atoms with Crippen LogP contribution in [0, 0.1) is 11.8 Å². The maximum Gasteiger partial charge on any atom is 0.254 e. The van der Waals surface area contributed by atoms with Crippen molar-refractivity contribution in [3.63, 3.8) is 0 Å². The van der Waals surface area contributed by atoms with Gasteiger partial charge in [0.1, 0.15) is 0 Å². The second-order valence-electron chi connectivity index (χ2n) is 7.57. The van der Waals surface area contributed by atoms with E-state index in [2.05, 4.69) is 0 Å². The van der Waals surface area contributed by atoms with Crippen molar-refractivity contribution < 1.29 is 9.59 Å². The third-order valence-electron chi connectivity index (χ3n) is 6.08. The smallest absolute Gasteiger partial charge is 0.254 e. The lowest BCUT2D eigenvalue weighted by molar-refractivity contribution is -0.134. The first-order valence-corrected chi connectivity index (χ1v) is 9.03. The summed E-state index contributed by atoms with van der Waals surface area (Å²) in [6.07, 6.45) is 2.57. The van der Waals surface area contributed by atoms with Crippen LogP contribution in [0.5, 0.6) is 0 Å². The molecule has 3 atom stereocenters. The first-order valence-electron chi connectivity index (χ1n) is 9.03. The van der Waals surface area contributed by atoms with Crippen molar-refractivity contribution in [1.82, 2.24) is 9.80 Å². The number of nitrogens with zero attached hydrogens (tertiary/aromatic N) is 2. The molecule has 1 heterocycles. The number of carbonyl (C=O) groups excluding carboxylic acids is 2. The largest absolute Gasteiger partial charge is 0.345 e. The Morgan fingerprint density at radius 3 is 2.64 bits per heavy atom. The fourth-order valence-corrected chi connectivity index (χ4v) is 4.57. The van der Waals surface area contributed by atoms with E-state index in [0.29, 0.717) is 18.3 Å². The van der Waals surface area contributed by atoms with Gasteiger partial charge in [-0.2, -0.15) is 0 Å². The minimum absolute atomic E-state index is 0.0835. The lowest BCUT2D eigenvalue weighted by atomic mass is 9.88. The van der Waals surface area contributed by atoms with Gasteiger partial charge in [0, 0.05) is 38.7 Å². The molecule has 0 bridgehead atoms. The zero-order valence-corrected chi connectivity index (χ0v) is 14.8. The summed E-state index contributed by atoms with van der Waals surface area (Å²) >= 11 is 0. The SMILES string of the molecule is CN1C[C@@H]2C[C@H](N(C)C(=O)c3cccc4ccccc34)C[C@@H]2CC1=O. The third-order valence-corrected chi connectivity index (χ3v) is 6.08. The van der Waals surface area contributed by atoms with Crippen LogP contribution in [0.1, 0.15) is 29.6 Å². The molecule has 2 aromatic carbocycles. The molecule has 4 rings (SSSR count). The molecular weight excluding hydrogens is 312 g/mol. The van der Waals surface area contributed by atoms with Gasteiger partial charge in [-0.25, -0.2) is 0 Å². The Bertz CT molecular complexity index is 826. The van der Waals surface area contributed by atoms with Gasteiger partial charge in [-0.05, 0) is 41.5 Å². The van der Waals surface area contributed by atoms with E-state index in [1.54, 1.807) is 0 Å². The summed E-state index contributed by atoms with van der Waals surface area (Å²) in [6, 6.07) is 14.2. The van der Waals surface area contributed by atoms with Crippen LogP contribution in [-0.4, -0.2) is 48.3 Å². The number of carbonyl (C=O) groups is 2. The molecule has 0 spiro atoms. The maximum absolute atomic E-state index is 13.1. The molecule has 130 valence electrons. The van der Waals surface area contributed by atoms with E-state index in [9.17, 15) is 9.59 Å². The van der Waals surface area contributed by atoms with E-state index in [1.807, 2.05) is 66.4 Å². The van der Waals surface area contributed by atoms with Crippen LogP contribution in [0.4, 0.5) is 0 Å². The molecule has 0 N–H and O–H groups in total. The molecule has 1 saturated carbocycles. The summed E-state index contributed by atoms with van der Waals surface area (Å²) < 4.78 is 0. The quantitative estimate of drug-likeness (QED) is 0.845. The van der Waals surface area contributed by atoms with Crippen LogP contribution in [-0.2, 0) is 4.79 Å². The summed E-state index contributed by atoms with van der Waals surface area (Å²) in [4.78, 5) is 28.8. The van der Waals surface area contributed by atoms with Crippen LogP contribution in [0.15, 0.2) is 42.5 Å². The topological polar surface area (TPSA) is 40.6 Å². The molecule has 1 aliphatic carbocycles. The van der Waals surface area contributed by atoms with Gasteiger partial charge in [-0.15, -0.1) is 0 Å². The van der Waals surface area contributed by atoms with Gasteiger partial charge in [0.25, 0.3) is 5.91 Å². The van der Waals surface area contributed by atoms with Crippen molar-refractivity contribution in [3.05, 3.63) is 48.0 Å². The van der Waals surface area contributed by atoms with E-state index in [0.717, 1.165) is 35.7 Å². The van der Waals surface area contributed by atoms with E-state index >= 15 is 0 Å². The molecular formula is C21H24N2O2. The number of amides is 2. The predicted molar refractivity (Wildman–Crippen MR) is 98.3 cm³/mol. The molecule has 4 nitrogen and oxygen atoms in total. The van der Waals surface area contributed by atoms with Gasteiger partial charge in [0.2, 0.25) is 5.91 Å². The summed E-state index contributed by atoms with van der Waals surface area (Å²) in [6.45, 7) is 0.830. The fraction of sp³-hybridized carbons (Fsp3) is 0.429. The molecule has 0 unspecified atom stereocenters. The Morgan fingerprint density at radius 1 is 1.08 bits per heavy atom. The Balaban J connectivity index is 1.56. The predicted octanol–water partition coefficient (Wildman–Crippen LogP) is 3.17. The minimum atomic E-state index is 0.0835. The minimum Gasteiger partial charge on any atom is -0.345 e. The Kier molecular flexibility index (Phi) is 3.98. The fourth-order valence-electron chi connectivity index (χ4n) is 4.57. The molecule has 25 heavy (non-hydrogen) atoms. The van der Waals surface area contributed by atoms with Gasteiger partial charge in [0.15, 0.2) is 0 Å². The number of rotatable bonds is 2. The summed E-state index contributed by atoms with van der Waals surface area (Å²) in [7, 11) is 3.80. The molecule has 1 aliphatic heterocycles. The molecule has 0 radical (unpaired) electrons.